The van der Waals surface area contributed by atoms with Crippen LogP contribution >= 0.6 is 0 Å². The van der Waals surface area contributed by atoms with Crippen LogP contribution in [-0.2, 0) is 9.53 Å². The fourth-order valence-electron chi connectivity index (χ4n) is 1.63. The molecule has 0 radical (unpaired) electrons. The Hall–Kier alpha value is -1.99. The lowest BCUT2D eigenvalue weighted by molar-refractivity contribution is -0.150. The average molecular weight is 246 g/mol. The fraction of sp³-hybridized carbons (Fsp3) is 0.667. The van der Waals surface area contributed by atoms with Crippen molar-refractivity contribution in [3.05, 3.63) is 0 Å². The van der Waals surface area contributed by atoms with E-state index in [1.807, 2.05) is 0 Å². The second-order valence-corrected chi connectivity index (χ2v) is 3.47. The third-order valence-electron chi connectivity index (χ3n) is 2.46. The van der Waals surface area contributed by atoms with Gasteiger partial charge in [-0.15, -0.1) is 0 Å². The molecule has 0 saturated carbocycles. The molecule has 1 aliphatic heterocycles. The fourth-order valence-corrected chi connectivity index (χ4v) is 1.63. The minimum Gasteiger partial charge on any atom is -0.465 e. The number of rotatable bonds is 2. The smallest absolute Gasteiger partial charge is 0.408 e. The van der Waals surface area contributed by atoms with Crippen molar-refractivity contribution in [2.75, 3.05) is 26.2 Å². The molecule has 0 spiro atoms. The summed E-state index contributed by atoms with van der Waals surface area (Å²) in [6, 6.07) is -1.09. The van der Waals surface area contributed by atoms with Crippen LogP contribution in [0.3, 0.4) is 0 Å². The van der Waals surface area contributed by atoms with E-state index in [4.69, 9.17) is 14.9 Å². The first kappa shape index (κ1) is 13.1. The minimum atomic E-state index is -1.26. The molecule has 8 nitrogen and oxygen atoms in total. The van der Waals surface area contributed by atoms with Crippen LogP contribution in [0.5, 0.6) is 0 Å². The van der Waals surface area contributed by atoms with E-state index in [1.54, 1.807) is 6.92 Å². The van der Waals surface area contributed by atoms with Crippen LogP contribution in [0.25, 0.3) is 0 Å². The predicted molar refractivity (Wildman–Crippen MR) is 54.7 cm³/mol. The Morgan fingerprint density at radius 1 is 1.24 bits per heavy atom. The van der Waals surface area contributed by atoms with Crippen LogP contribution in [0, 0.1) is 0 Å². The molecule has 2 amide bonds. The van der Waals surface area contributed by atoms with E-state index >= 15 is 0 Å². The molecule has 2 N–H and O–H groups in total. The number of hydrogen-bond acceptors (Lipinski definition) is 4. The Labute approximate surface area is 97.4 Å². The average Bonchev–Trinajstić information content (AvgIpc) is 2.28. The lowest BCUT2D eigenvalue weighted by Crippen LogP contribution is -2.59. The monoisotopic (exact) mass is 246 g/mol. The van der Waals surface area contributed by atoms with Gasteiger partial charge in [-0.3, -0.25) is 4.90 Å². The number of amides is 2. The largest absolute Gasteiger partial charge is 0.465 e. The molecule has 1 fully saturated rings. The van der Waals surface area contributed by atoms with Crippen LogP contribution in [0.1, 0.15) is 6.92 Å². The van der Waals surface area contributed by atoms with Crippen molar-refractivity contribution < 1.29 is 29.3 Å². The van der Waals surface area contributed by atoms with Crippen molar-refractivity contribution in [3.63, 3.8) is 0 Å². The van der Waals surface area contributed by atoms with E-state index in [9.17, 15) is 14.4 Å². The molecule has 8 heteroatoms. The number of ether oxygens (including phenoxy) is 1. The van der Waals surface area contributed by atoms with Crippen molar-refractivity contribution in [1.29, 1.82) is 0 Å². The first-order valence-corrected chi connectivity index (χ1v) is 5.11. The number of nitrogens with zero attached hydrogens (tertiary/aromatic N) is 2. The molecule has 96 valence electrons. The molecular formula is C9H14N2O6. The van der Waals surface area contributed by atoms with Gasteiger partial charge in [0.1, 0.15) is 0 Å². The molecule has 0 aromatic rings. The summed E-state index contributed by atoms with van der Waals surface area (Å²) in [5, 5.41) is 17.7. The highest BCUT2D eigenvalue weighted by atomic mass is 16.5. The molecule has 1 rings (SSSR count). The van der Waals surface area contributed by atoms with Gasteiger partial charge in [-0.05, 0) is 6.92 Å². The van der Waals surface area contributed by atoms with Crippen molar-refractivity contribution in [2.45, 2.75) is 13.0 Å². The number of carbonyl (C=O) groups is 3. The summed E-state index contributed by atoms with van der Waals surface area (Å²) in [4.78, 5) is 35.1. The van der Waals surface area contributed by atoms with Crippen molar-refractivity contribution >= 4 is 18.2 Å². The van der Waals surface area contributed by atoms with Gasteiger partial charge >= 0.3 is 18.2 Å². The Kier molecular flexibility index (Phi) is 4.13. The first-order chi connectivity index (χ1) is 7.97. The lowest BCUT2D eigenvalue weighted by atomic mass is 10.2. The van der Waals surface area contributed by atoms with Crippen molar-refractivity contribution in [1.82, 2.24) is 9.80 Å². The highest BCUT2D eigenvalue weighted by Gasteiger charge is 2.37. The Bertz CT molecular complexity index is 331. The second-order valence-electron chi connectivity index (χ2n) is 3.47. The van der Waals surface area contributed by atoms with Gasteiger partial charge in [0.05, 0.1) is 13.2 Å². The maximum atomic E-state index is 11.5. The molecule has 1 aliphatic rings. The van der Waals surface area contributed by atoms with Crippen LogP contribution in [0.2, 0.25) is 0 Å². The summed E-state index contributed by atoms with van der Waals surface area (Å²) >= 11 is 0. The van der Waals surface area contributed by atoms with Gasteiger partial charge in [-0.1, -0.05) is 0 Å². The normalized spacial score (nSPS) is 19.9. The van der Waals surface area contributed by atoms with E-state index in [2.05, 4.69) is 0 Å². The van der Waals surface area contributed by atoms with Crippen molar-refractivity contribution in [3.8, 4) is 0 Å². The van der Waals surface area contributed by atoms with E-state index < -0.39 is 24.2 Å². The molecule has 0 aromatic carbocycles. The number of esters is 1. The molecule has 0 unspecified atom stereocenters. The summed E-state index contributed by atoms with van der Waals surface area (Å²) in [6.45, 7) is 1.54. The summed E-state index contributed by atoms with van der Waals surface area (Å²) < 4.78 is 4.73. The Morgan fingerprint density at radius 2 is 1.88 bits per heavy atom. The molecule has 0 aliphatic carbocycles. The van der Waals surface area contributed by atoms with Gasteiger partial charge < -0.3 is 19.8 Å². The molecule has 1 atom stereocenters. The zero-order valence-electron chi connectivity index (χ0n) is 9.33. The van der Waals surface area contributed by atoms with Crippen LogP contribution in [-0.4, -0.2) is 70.5 Å². The Morgan fingerprint density at radius 3 is 2.35 bits per heavy atom. The molecular weight excluding hydrogens is 232 g/mol. The third kappa shape index (κ3) is 2.99. The highest BCUT2D eigenvalue weighted by Crippen LogP contribution is 2.12. The van der Waals surface area contributed by atoms with Gasteiger partial charge in [0.2, 0.25) is 0 Å². The zero-order chi connectivity index (χ0) is 13.0. The molecule has 0 aromatic heterocycles. The van der Waals surface area contributed by atoms with Gasteiger partial charge in [-0.2, -0.15) is 0 Å². The number of piperazine rings is 1. The zero-order valence-corrected chi connectivity index (χ0v) is 9.33. The predicted octanol–water partition coefficient (Wildman–Crippen LogP) is -0.108. The standard InChI is InChI=1S/C9H14N2O6/c1-2-17-7(12)6-5-10(8(13)14)3-4-11(6)9(15)16/h6H,2-5H2,1H3,(H,13,14)(H,15,16)/t6-/m0/s1. The van der Waals surface area contributed by atoms with Gasteiger partial charge in [0, 0.05) is 13.1 Å². The molecule has 0 bridgehead atoms. The van der Waals surface area contributed by atoms with E-state index in [0.717, 1.165) is 9.80 Å². The third-order valence-corrected chi connectivity index (χ3v) is 2.46. The number of carboxylic acid groups (broad SMARTS) is 2. The minimum absolute atomic E-state index is 0.0366. The molecule has 1 heterocycles. The summed E-state index contributed by atoms with van der Waals surface area (Å²) in [5.74, 6) is -0.721. The topological polar surface area (TPSA) is 107 Å². The van der Waals surface area contributed by atoms with E-state index in [-0.39, 0.29) is 26.2 Å². The molecule has 17 heavy (non-hydrogen) atoms. The van der Waals surface area contributed by atoms with Gasteiger partial charge in [-0.25, -0.2) is 14.4 Å². The summed E-state index contributed by atoms with van der Waals surface area (Å²) in [7, 11) is 0. The molecule has 1 saturated heterocycles. The lowest BCUT2D eigenvalue weighted by Gasteiger charge is -2.36. The SMILES string of the molecule is CCOC(=O)[C@@H]1CN(C(=O)O)CCN1C(=O)O. The maximum absolute atomic E-state index is 11.5. The van der Waals surface area contributed by atoms with E-state index in [1.165, 1.54) is 0 Å². The van der Waals surface area contributed by atoms with Crippen LogP contribution in [0.15, 0.2) is 0 Å². The Balaban J connectivity index is 2.79. The van der Waals surface area contributed by atoms with Crippen molar-refractivity contribution in [2.24, 2.45) is 0 Å². The highest BCUT2D eigenvalue weighted by molar-refractivity contribution is 5.82. The van der Waals surface area contributed by atoms with Gasteiger partial charge in [0.25, 0.3) is 0 Å². The van der Waals surface area contributed by atoms with Gasteiger partial charge in [0.15, 0.2) is 6.04 Å². The summed E-state index contributed by atoms with van der Waals surface area (Å²) in [6.07, 6.45) is -2.43. The maximum Gasteiger partial charge on any atom is 0.408 e. The van der Waals surface area contributed by atoms with E-state index in [0.29, 0.717) is 0 Å². The van der Waals surface area contributed by atoms with Crippen LogP contribution in [0.4, 0.5) is 9.59 Å². The van der Waals surface area contributed by atoms with Crippen LogP contribution < -0.4 is 0 Å². The number of hydrogen-bond donors (Lipinski definition) is 2. The quantitative estimate of drug-likeness (QED) is 0.658. The first-order valence-electron chi connectivity index (χ1n) is 5.11. The second kappa shape index (κ2) is 5.37. The summed E-state index contributed by atoms with van der Waals surface area (Å²) in [5.41, 5.74) is 0. The number of carbonyl (C=O) groups excluding carboxylic acids is 1.